The van der Waals surface area contributed by atoms with Crippen LogP contribution in [0.5, 0.6) is 0 Å². The Morgan fingerprint density at radius 2 is 1.65 bits per heavy atom. The summed E-state index contributed by atoms with van der Waals surface area (Å²) in [5.41, 5.74) is 3.85. The van der Waals surface area contributed by atoms with E-state index in [-0.39, 0.29) is 5.69 Å². The van der Waals surface area contributed by atoms with Gasteiger partial charge in [0.15, 0.2) is 0 Å². The summed E-state index contributed by atoms with van der Waals surface area (Å²) in [4.78, 5) is 15.1. The number of rotatable bonds is 4. The first kappa shape index (κ1) is 15.7. The number of nitro groups is 1. The van der Waals surface area contributed by atoms with Crippen molar-refractivity contribution in [2.75, 3.05) is 0 Å². The molecule has 0 radical (unpaired) electrons. The Balaban J connectivity index is 1.91. The fourth-order valence-electron chi connectivity index (χ4n) is 2.77. The van der Waals surface area contributed by atoms with Gasteiger partial charge in [-0.05, 0) is 30.3 Å². The lowest BCUT2D eigenvalue weighted by atomic mass is 10.1. The number of non-ortho nitro benzene ring substituents is 1. The highest BCUT2D eigenvalue weighted by Gasteiger charge is 2.15. The number of nitro benzene ring substituents is 1. The van der Waals surface area contributed by atoms with Gasteiger partial charge in [-0.1, -0.05) is 36.4 Å². The van der Waals surface area contributed by atoms with Crippen molar-refractivity contribution in [1.82, 2.24) is 14.8 Å². The molecule has 0 aliphatic rings. The van der Waals surface area contributed by atoms with Gasteiger partial charge in [0.05, 0.1) is 22.0 Å². The first-order valence-electron chi connectivity index (χ1n) is 8.04. The van der Waals surface area contributed by atoms with Crippen molar-refractivity contribution in [2.24, 2.45) is 0 Å². The van der Waals surface area contributed by atoms with Crippen molar-refractivity contribution in [3.05, 3.63) is 95.2 Å². The van der Waals surface area contributed by atoms with Crippen LogP contribution >= 0.6 is 0 Å². The topological polar surface area (TPSA) is 73.8 Å². The van der Waals surface area contributed by atoms with E-state index in [2.05, 4.69) is 10.1 Å². The Kier molecular flexibility index (Phi) is 3.99. The molecule has 2 aromatic carbocycles. The van der Waals surface area contributed by atoms with Crippen molar-refractivity contribution in [1.29, 1.82) is 0 Å². The fourth-order valence-corrected chi connectivity index (χ4v) is 2.77. The first-order valence-corrected chi connectivity index (χ1v) is 8.04. The Morgan fingerprint density at radius 3 is 2.38 bits per heavy atom. The van der Waals surface area contributed by atoms with E-state index in [1.807, 2.05) is 60.7 Å². The van der Waals surface area contributed by atoms with Gasteiger partial charge >= 0.3 is 0 Å². The summed E-state index contributed by atoms with van der Waals surface area (Å²) < 4.78 is 1.78. The zero-order chi connectivity index (χ0) is 17.9. The molecule has 0 amide bonds. The number of hydrogen-bond donors (Lipinski definition) is 0. The normalized spacial score (nSPS) is 10.6. The zero-order valence-corrected chi connectivity index (χ0v) is 13.7. The summed E-state index contributed by atoms with van der Waals surface area (Å²) in [5, 5.41) is 15.8. The minimum absolute atomic E-state index is 0.0442. The van der Waals surface area contributed by atoms with Crippen molar-refractivity contribution in [3.8, 4) is 28.3 Å². The molecule has 0 unspecified atom stereocenters. The highest BCUT2D eigenvalue weighted by molar-refractivity contribution is 5.70. The maximum absolute atomic E-state index is 11.1. The van der Waals surface area contributed by atoms with E-state index in [1.54, 1.807) is 23.0 Å². The molecule has 126 valence electrons. The summed E-state index contributed by atoms with van der Waals surface area (Å²) in [5.74, 6) is 0. The highest BCUT2D eigenvalue weighted by atomic mass is 16.6. The van der Waals surface area contributed by atoms with Crippen LogP contribution in [-0.4, -0.2) is 19.7 Å². The average molecular weight is 342 g/mol. The van der Waals surface area contributed by atoms with Crippen LogP contribution in [0.2, 0.25) is 0 Å². The lowest BCUT2D eigenvalue weighted by molar-refractivity contribution is -0.384. The Morgan fingerprint density at radius 1 is 0.846 bits per heavy atom. The van der Waals surface area contributed by atoms with Crippen molar-refractivity contribution in [2.45, 2.75) is 0 Å². The third-order valence-corrected chi connectivity index (χ3v) is 3.99. The minimum atomic E-state index is -0.396. The predicted molar refractivity (Wildman–Crippen MR) is 98.9 cm³/mol. The fraction of sp³-hybridized carbons (Fsp3) is 0. The maximum atomic E-state index is 11.1. The lowest BCUT2D eigenvalue weighted by Crippen LogP contribution is -1.99. The summed E-state index contributed by atoms with van der Waals surface area (Å²) in [7, 11) is 0. The molecule has 0 spiro atoms. The van der Waals surface area contributed by atoms with Gasteiger partial charge in [0, 0.05) is 23.9 Å². The summed E-state index contributed by atoms with van der Waals surface area (Å²) in [6.45, 7) is 0. The summed E-state index contributed by atoms with van der Waals surface area (Å²) >= 11 is 0. The quantitative estimate of drug-likeness (QED) is 0.404. The Bertz CT molecular complexity index is 1060. The van der Waals surface area contributed by atoms with Gasteiger partial charge in [0.1, 0.15) is 5.69 Å². The maximum Gasteiger partial charge on any atom is 0.270 e. The van der Waals surface area contributed by atoms with Gasteiger partial charge in [0.25, 0.3) is 5.69 Å². The smallest absolute Gasteiger partial charge is 0.258 e. The second-order valence-corrected chi connectivity index (χ2v) is 5.68. The molecule has 2 aromatic heterocycles. The van der Waals surface area contributed by atoms with Gasteiger partial charge in [-0.2, -0.15) is 5.10 Å². The molecule has 26 heavy (non-hydrogen) atoms. The first-order chi connectivity index (χ1) is 12.7. The second kappa shape index (κ2) is 6.60. The van der Waals surface area contributed by atoms with Crippen LogP contribution in [0, 0.1) is 10.1 Å². The van der Waals surface area contributed by atoms with Gasteiger partial charge < -0.3 is 0 Å². The second-order valence-electron chi connectivity index (χ2n) is 5.68. The van der Waals surface area contributed by atoms with Gasteiger partial charge in [-0.3, -0.25) is 15.1 Å². The average Bonchev–Trinajstić information content (AvgIpc) is 3.15. The molecule has 4 aromatic rings. The molecule has 0 saturated heterocycles. The zero-order valence-electron chi connectivity index (χ0n) is 13.7. The standard InChI is InChI=1S/C20H14N4O2/c25-24(26)17-10-6-7-15(13-17)20-14-19(18-11-4-5-12-21-18)22-23(20)16-8-2-1-3-9-16/h1-14H. The number of nitrogens with zero attached hydrogens (tertiary/aromatic N) is 4. The van der Waals surface area contributed by atoms with Crippen molar-refractivity contribution < 1.29 is 4.92 Å². The number of hydrogen-bond acceptors (Lipinski definition) is 4. The predicted octanol–water partition coefficient (Wildman–Crippen LogP) is 4.51. The molecule has 0 aliphatic carbocycles. The molecule has 0 N–H and O–H groups in total. The minimum Gasteiger partial charge on any atom is -0.258 e. The number of aromatic nitrogens is 3. The van der Waals surface area contributed by atoms with Gasteiger partial charge in [-0.15, -0.1) is 0 Å². The molecule has 0 fully saturated rings. The molecule has 6 nitrogen and oxygen atoms in total. The summed E-state index contributed by atoms with van der Waals surface area (Å²) in [6, 6.07) is 23.7. The van der Waals surface area contributed by atoms with E-state index in [4.69, 9.17) is 0 Å². The van der Waals surface area contributed by atoms with Crippen LogP contribution in [0.25, 0.3) is 28.3 Å². The van der Waals surface area contributed by atoms with Crippen molar-refractivity contribution in [3.63, 3.8) is 0 Å². The monoisotopic (exact) mass is 342 g/mol. The number of para-hydroxylation sites is 1. The van der Waals surface area contributed by atoms with Crippen LogP contribution in [0.15, 0.2) is 85.1 Å². The Hall–Kier alpha value is -3.80. The number of pyridine rings is 1. The molecule has 0 bridgehead atoms. The van der Waals surface area contributed by atoms with E-state index in [0.29, 0.717) is 5.69 Å². The third kappa shape index (κ3) is 2.95. The molecule has 0 aliphatic heterocycles. The molecule has 0 atom stereocenters. The van der Waals surface area contributed by atoms with Gasteiger partial charge in [0.2, 0.25) is 0 Å². The van der Waals surface area contributed by atoms with Crippen molar-refractivity contribution >= 4 is 5.69 Å². The third-order valence-electron chi connectivity index (χ3n) is 3.99. The van der Waals surface area contributed by atoms with Crippen LogP contribution in [0.3, 0.4) is 0 Å². The molecular formula is C20H14N4O2. The van der Waals surface area contributed by atoms with Crippen LogP contribution in [0.1, 0.15) is 0 Å². The summed E-state index contributed by atoms with van der Waals surface area (Å²) in [6.07, 6.45) is 1.71. The van der Waals surface area contributed by atoms with E-state index in [1.165, 1.54) is 6.07 Å². The largest absolute Gasteiger partial charge is 0.270 e. The molecule has 0 saturated carbocycles. The SMILES string of the molecule is O=[N+]([O-])c1cccc(-c2cc(-c3ccccn3)nn2-c2ccccc2)c1. The molecule has 4 rings (SSSR count). The van der Waals surface area contributed by atoms with E-state index in [9.17, 15) is 10.1 Å². The van der Waals surface area contributed by atoms with E-state index < -0.39 is 4.92 Å². The highest BCUT2D eigenvalue weighted by Crippen LogP contribution is 2.29. The van der Waals surface area contributed by atoms with Crippen LogP contribution in [0.4, 0.5) is 5.69 Å². The molecule has 6 heteroatoms. The van der Waals surface area contributed by atoms with E-state index >= 15 is 0 Å². The lowest BCUT2D eigenvalue weighted by Gasteiger charge is -2.07. The van der Waals surface area contributed by atoms with E-state index in [0.717, 1.165) is 22.6 Å². The van der Waals surface area contributed by atoms with Gasteiger partial charge in [-0.25, -0.2) is 4.68 Å². The Labute approximate surface area is 149 Å². The van der Waals surface area contributed by atoms with Crippen LogP contribution in [-0.2, 0) is 0 Å². The number of benzene rings is 2. The van der Waals surface area contributed by atoms with Crippen LogP contribution < -0.4 is 0 Å². The molecule has 2 heterocycles. The molecular weight excluding hydrogens is 328 g/mol.